The van der Waals surface area contributed by atoms with Gasteiger partial charge >= 0.3 is 17.9 Å². The molecule has 0 aromatic heterocycles. The summed E-state index contributed by atoms with van der Waals surface area (Å²) in [6, 6.07) is 0. The van der Waals surface area contributed by atoms with Crippen LogP contribution in [0.15, 0.2) is 72.9 Å². The summed E-state index contributed by atoms with van der Waals surface area (Å²) in [7, 11) is 0. The Labute approximate surface area is 173 Å². The molecule has 5 nitrogen and oxygen atoms in total. The number of unbranched alkanes of at least 4 members (excludes halogenated alkanes) is 1. The molecule has 0 atom stereocenters. The van der Waals surface area contributed by atoms with Crippen LogP contribution in [0.25, 0.3) is 0 Å². The SMILES string of the molecule is CC/C=C\C/C=C\C/C=C\C/C=C\C/C=C\CCCC(=O)OC(=O)/C=C/C(=O)O. The van der Waals surface area contributed by atoms with Crippen molar-refractivity contribution in [1.29, 1.82) is 0 Å². The summed E-state index contributed by atoms with van der Waals surface area (Å²) < 4.78 is 4.45. The molecule has 0 aliphatic rings. The summed E-state index contributed by atoms with van der Waals surface area (Å²) >= 11 is 0. The lowest BCUT2D eigenvalue weighted by atomic mass is 10.2. The van der Waals surface area contributed by atoms with Gasteiger partial charge in [0.2, 0.25) is 0 Å². The van der Waals surface area contributed by atoms with Crippen LogP contribution in [-0.2, 0) is 19.1 Å². The van der Waals surface area contributed by atoms with Crippen LogP contribution in [0, 0.1) is 0 Å². The number of carbonyl (C=O) groups excluding carboxylic acids is 2. The molecule has 0 fully saturated rings. The van der Waals surface area contributed by atoms with E-state index in [4.69, 9.17) is 5.11 Å². The first-order valence-electron chi connectivity index (χ1n) is 9.96. The number of ether oxygens (including phenoxy) is 1. The van der Waals surface area contributed by atoms with Crippen LogP contribution in [0.4, 0.5) is 0 Å². The van der Waals surface area contributed by atoms with E-state index in [1.54, 1.807) is 0 Å². The molecule has 0 radical (unpaired) electrons. The lowest BCUT2D eigenvalue weighted by Gasteiger charge is -1.98. The van der Waals surface area contributed by atoms with E-state index in [0.29, 0.717) is 25.0 Å². The second kappa shape index (κ2) is 19.8. The molecule has 0 aliphatic heterocycles. The molecule has 0 aromatic rings. The number of allylic oxidation sites excluding steroid dienone is 10. The number of carboxylic acids is 1. The summed E-state index contributed by atoms with van der Waals surface area (Å²) in [5.41, 5.74) is 0. The van der Waals surface area contributed by atoms with Crippen LogP contribution < -0.4 is 0 Å². The molecule has 0 rings (SSSR count). The normalized spacial score (nSPS) is 12.4. The Hall–Kier alpha value is -2.95. The zero-order valence-corrected chi connectivity index (χ0v) is 17.2. The van der Waals surface area contributed by atoms with Gasteiger partial charge in [-0.25, -0.2) is 9.59 Å². The zero-order valence-electron chi connectivity index (χ0n) is 17.2. The highest BCUT2D eigenvalue weighted by Gasteiger charge is 2.07. The average Bonchev–Trinajstić information content (AvgIpc) is 2.68. The fourth-order valence-electron chi connectivity index (χ4n) is 2.07. The first-order chi connectivity index (χ1) is 14.1. The number of aliphatic carboxylic acids is 1. The van der Waals surface area contributed by atoms with Gasteiger partial charge in [0.15, 0.2) is 0 Å². The van der Waals surface area contributed by atoms with Gasteiger partial charge in [0.05, 0.1) is 0 Å². The minimum Gasteiger partial charge on any atom is -0.478 e. The number of esters is 2. The van der Waals surface area contributed by atoms with Crippen molar-refractivity contribution in [3.63, 3.8) is 0 Å². The standard InChI is InChI=1S/C24H32O5/c1-2-3-4-5-6-7-8-9-10-11-12-13-14-15-16-17-18-19-23(27)29-24(28)21-20-22(25)26/h3-4,6-7,9-10,12-13,15-16,20-21H,2,5,8,11,14,17-19H2,1H3,(H,25,26)/b4-3-,7-6-,10-9-,13-12-,16-15-,21-20+. The Kier molecular flexibility index (Phi) is 17.8. The van der Waals surface area contributed by atoms with Crippen molar-refractivity contribution in [3.8, 4) is 0 Å². The van der Waals surface area contributed by atoms with Crippen molar-refractivity contribution < 1.29 is 24.2 Å². The number of hydrogen-bond donors (Lipinski definition) is 1. The fraction of sp³-hybridized carbons (Fsp3) is 0.375. The topological polar surface area (TPSA) is 80.7 Å². The van der Waals surface area contributed by atoms with Crippen LogP contribution in [0.3, 0.4) is 0 Å². The summed E-state index contributed by atoms with van der Waals surface area (Å²) in [5.74, 6) is -2.89. The Morgan fingerprint density at radius 1 is 0.724 bits per heavy atom. The summed E-state index contributed by atoms with van der Waals surface area (Å²) in [6.07, 6.45) is 28.7. The summed E-state index contributed by atoms with van der Waals surface area (Å²) in [5, 5.41) is 8.36. The summed E-state index contributed by atoms with van der Waals surface area (Å²) in [4.78, 5) is 32.7. The molecule has 0 saturated carbocycles. The monoisotopic (exact) mass is 400 g/mol. The first-order valence-corrected chi connectivity index (χ1v) is 9.96. The van der Waals surface area contributed by atoms with Gasteiger partial charge in [0.25, 0.3) is 0 Å². The lowest BCUT2D eigenvalue weighted by Crippen LogP contribution is -2.10. The highest BCUT2D eigenvalue weighted by molar-refractivity contribution is 5.95. The molecule has 0 aromatic carbocycles. The van der Waals surface area contributed by atoms with Crippen molar-refractivity contribution in [2.45, 2.75) is 58.3 Å². The molecule has 0 saturated heterocycles. The molecule has 0 bridgehead atoms. The van der Waals surface area contributed by atoms with Crippen LogP contribution in [0.2, 0.25) is 0 Å². The van der Waals surface area contributed by atoms with Crippen LogP contribution in [0.5, 0.6) is 0 Å². The number of rotatable bonds is 15. The van der Waals surface area contributed by atoms with Crippen LogP contribution in [0.1, 0.15) is 58.3 Å². The van der Waals surface area contributed by atoms with Gasteiger partial charge in [-0.2, -0.15) is 0 Å². The predicted octanol–water partition coefficient (Wildman–Crippen LogP) is 5.62. The Bertz CT molecular complexity index is 648. The van der Waals surface area contributed by atoms with Gasteiger partial charge in [-0.1, -0.05) is 67.7 Å². The van der Waals surface area contributed by atoms with Crippen LogP contribution >= 0.6 is 0 Å². The largest absolute Gasteiger partial charge is 0.478 e. The van der Waals surface area contributed by atoms with E-state index in [0.717, 1.165) is 32.1 Å². The maximum absolute atomic E-state index is 11.4. The van der Waals surface area contributed by atoms with Gasteiger partial charge in [-0.3, -0.25) is 4.79 Å². The molecule has 1 N–H and O–H groups in total. The van der Waals surface area contributed by atoms with Crippen molar-refractivity contribution in [2.75, 3.05) is 0 Å². The van der Waals surface area contributed by atoms with Crippen LogP contribution in [-0.4, -0.2) is 23.0 Å². The zero-order chi connectivity index (χ0) is 21.6. The van der Waals surface area contributed by atoms with E-state index >= 15 is 0 Å². The number of hydrogen-bond acceptors (Lipinski definition) is 4. The second-order valence-corrected chi connectivity index (χ2v) is 6.06. The Balaban J connectivity index is 3.67. The highest BCUT2D eigenvalue weighted by atomic mass is 16.6. The lowest BCUT2D eigenvalue weighted by molar-refractivity contribution is -0.156. The van der Waals surface area contributed by atoms with Crippen molar-refractivity contribution in [1.82, 2.24) is 0 Å². The van der Waals surface area contributed by atoms with Crippen molar-refractivity contribution in [2.24, 2.45) is 0 Å². The third kappa shape index (κ3) is 21.2. The number of carbonyl (C=O) groups is 3. The van der Waals surface area contributed by atoms with Crippen molar-refractivity contribution >= 4 is 17.9 Å². The fourth-order valence-corrected chi connectivity index (χ4v) is 2.07. The van der Waals surface area contributed by atoms with Crippen molar-refractivity contribution in [3.05, 3.63) is 72.9 Å². The van der Waals surface area contributed by atoms with E-state index in [1.165, 1.54) is 0 Å². The minimum atomic E-state index is -1.27. The maximum atomic E-state index is 11.4. The molecular weight excluding hydrogens is 368 g/mol. The average molecular weight is 401 g/mol. The van der Waals surface area contributed by atoms with E-state index in [-0.39, 0.29) is 6.42 Å². The molecule has 0 spiro atoms. The Morgan fingerprint density at radius 2 is 1.21 bits per heavy atom. The predicted molar refractivity (Wildman–Crippen MR) is 116 cm³/mol. The summed E-state index contributed by atoms with van der Waals surface area (Å²) in [6.45, 7) is 2.13. The third-order valence-electron chi connectivity index (χ3n) is 3.49. The highest BCUT2D eigenvalue weighted by Crippen LogP contribution is 2.01. The molecule has 5 heteroatoms. The van der Waals surface area contributed by atoms with Gasteiger partial charge in [0.1, 0.15) is 0 Å². The van der Waals surface area contributed by atoms with Gasteiger partial charge in [-0.15, -0.1) is 0 Å². The second-order valence-electron chi connectivity index (χ2n) is 6.06. The van der Waals surface area contributed by atoms with Gasteiger partial charge < -0.3 is 9.84 Å². The van der Waals surface area contributed by atoms with E-state index in [2.05, 4.69) is 60.3 Å². The molecular formula is C24H32O5. The number of carboxylic acid groups (broad SMARTS) is 1. The van der Waals surface area contributed by atoms with E-state index in [9.17, 15) is 14.4 Å². The molecule has 158 valence electrons. The first kappa shape index (κ1) is 26.1. The smallest absolute Gasteiger partial charge is 0.338 e. The minimum absolute atomic E-state index is 0.112. The van der Waals surface area contributed by atoms with Gasteiger partial charge in [0, 0.05) is 18.6 Å². The van der Waals surface area contributed by atoms with Gasteiger partial charge in [-0.05, 0) is 44.9 Å². The Morgan fingerprint density at radius 3 is 1.69 bits per heavy atom. The molecule has 0 heterocycles. The van der Waals surface area contributed by atoms with E-state index < -0.39 is 17.9 Å². The quantitative estimate of drug-likeness (QED) is 0.127. The molecule has 0 amide bonds. The molecule has 0 unspecified atom stereocenters. The molecule has 0 aliphatic carbocycles. The third-order valence-corrected chi connectivity index (χ3v) is 3.49. The maximum Gasteiger partial charge on any atom is 0.338 e. The van der Waals surface area contributed by atoms with E-state index in [1.807, 2.05) is 12.2 Å². The molecule has 29 heavy (non-hydrogen) atoms.